The predicted octanol–water partition coefficient (Wildman–Crippen LogP) is 3.18. The molecule has 0 saturated carbocycles. The Bertz CT molecular complexity index is 478. The van der Waals surface area contributed by atoms with E-state index >= 15 is 0 Å². The molecule has 0 radical (unpaired) electrons. The van der Waals surface area contributed by atoms with Gasteiger partial charge in [-0.2, -0.15) is 0 Å². The molecule has 0 aliphatic heterocycles. The number of nitrogens with one attached hydrogen (secondary N) is 2. The van der Waals surface area contributed by atoms with Gasteiger partial charge in [-0.15, -0.1) is 11.3 Å². The molecule has 0 spiro atoms. The molecule has 21 heavy (non-hydrogen) atoms. The number of amides is 1. The number of rotatable bonds is 6. The third-order valence-electron chi connectivity index (χ3n) is 2.65. The molecule has 5 nitrogen and oxygen atoms in total. The maximum atomic E-state index is 11.4. The van der Waals surface area contributed by atoms with Crippen LogP contribution in [0.2, 0.25) is 0 Å². The van der Waals surface area contributed by atoms with Gasteiger partial charge in [-0.25, -0.2) is 9.78 Å². The van der Waals surface area contributed by atoms with Crippen LogP contribution >= 0.6 is 11.3 Å². The fourth-order valence-corrected chi connectivity index (χ4v) is 2.52. The average Bonchev–Trinajstić information content (AvgIpc) is 2.77. The van der Waals surface area contributed by atoms with Crippen LogP contribution in [0.3, 0.4) is 0 Å². The number of hydrogen-bond acceptors (Lipinski definition) is 5. The van der Waals surface area contributed by atoms with Gasteiger partial charge in [-0.05, 0) is 34.6 Å². The van der Waals surface area contributed by atoms with E-state index in [0.29, 0.717) is 6.54 Å². The third kappa shape index (κ3) is 7.24. The first-order valence-corrected chi connectivity index (χ1v) is 7.93. The van der Waals surface area contributed by atoms with Gasteiger partial charge in [0, 0.05) is 24.0 Å². The van der Waals surface area contributed by atoms with Crippen molar-refractivity contribution in [2.24, 2.45) is 0 Å². The van der Waals surface area contributed by atoms with Crippen LogP contribution < -0.4 is 10.6 Å². The van der Waals surface area contributed by atoms with Gasteiger partial charge in [-0.3, -0.25) is 0 Å². The summed E-state index contributed by atoms with van der Waals surface area (Å²) in [4.78, 5) is 16.9. The maximum absolute atomic E-state index is 11.4. The van der Waals surface area contributed by atoms with Crippen LogP contribution in [-0.4, -0.2) is 29.8 Å². The Kier molecular flexibility index (Phi) is 6.84. The lowest BCUT2D eigenvalue weighted by Gasteiger charge is -2.19. The largest absolute Gasteiger partial charge is 0.444 e. The lowest BCUT2D eigenvalue weighted by molar-refractivity contribution is 0.0534. The fourth-order valence-electron chi connectivity index (χ4n) is 1.69. The van der Waals surface area contributed by atoms with E-state index in [-0.39, 0.29) is 6.04 Å². The molecule has 1 rings (SSSR count). The second-order valence-electron chi connectivity index (χ2n) is 5.79. The summed E-state index contributed by atoms with van der Waals surface area (Å²) in [6.07, 6.45) is 3.50. The van der Waals surface area contributed by atoms with Crippen LogP contribution in [0, 0.1) is 6.92 Å². The molecule has 6 heteroatoms. The summed E-state index contributed by atoms with van der Waals surface area (Å²) < 4.78 is 5.14. The highest BCUT2D eigenvalue weighted by molar-refractivity contribution is 7.09. The second-order valence-corrected chi connectivity index (χ2v) is 6.67. The molecule has 2 N–H and O–H groups in total. The third-order valence-corrected chi connectivity index (χ3v) is 3.76. The van der Waals surface area contributed by atoms with Gasteiger partial charge in [-0.1, -0.05) is 12.2 Å². The minimum Gasteiger partial charge on any atom is -0.444 e. The summed E-state index contributed by atoms with van der Waals surface area (Å²) in [5.74, 6) is 0. The number of nitrogens with zero attached hydrogens (tertiary/aromatic N) is 1. The SMILES string of the molecule is Cc1ncsc1C(C)NC/C=C/CNC(=O)OC(C)(C)C. The number of alkyl carbamates (subject to hydrolysis) is 1. The van der Waals surface area contributed by atoms with Gasteiger partial charge in [0.15, 0.2) is 0 Å². The van der Waals surface area contributed by atoms with Gasteiger partial charge < -0.3 is 15.4 Å². The van der Waals surface area contributed by atoms with Gasteiger partial charge in [0.2, 0.25) is 0 Å². The highest BCUT2D eigenvalue weighted by atomic mass is 32.1. The molecule has 0 aliphatic carbocycles. The molecule has 0 aromatic carbocycles. The number of hydrogen-bond donors (Lipinski definition) is 2. The van der Waals surface area contributed by atoms with Crippen molar-refractivity contribution in [3.8, 4) is 0 Å². The van der Waals surface area contributed by atoms with Gasteiger partial charge in [0.1, 0.15) is 5.60 Å². The molecule has 0 bridgehead atoms. The van der Waals surface area contributed by atoms with E-state index < -0.39 is 11.7 Å². The average molecular weight is 311 g/mol. The monoisotopic (exact) mass is 311 g/mol. The Balaban J connectivity index is 2.18. The highest BCUT2D eigenvalue weighted by Crippen LogP contribution is 2.20. The van der Waals surface area contributed by atoms with Crippen molar-refractivity contribution < 1.29 is 9.53 Å². The first kappa shape index (κ1) is 17.7. The quantitative estimate of drug-likeness (QED) is 0.792. The van der Waals surface area contributed by atoms with Gasteiger partial charge in [0.25, 0.3) is 0 Å². The van der Waals surface area contributed by atoms with Crippen molar-refractivity contribution in [2.75, 3.05) is 13.1 Å². The molecule has 1 atom stereocenters. The van der Waals surface area contributed by atoms with E-state index in [1.165, 1.54) is 4.88 Å². The zero-order chi connectivity index (χ0) is 15.9. The van der Waals surface area contributed by atoms with Crippen LogP contribution in [-0.2, 0) is 4.74 Å². The number of ether oxygens (including phenoxy) is 1. The molecule has 118 valence electrons. The van der Waals surface area contributed by atoms with Crippen LogP contribution in [0.15, 0.2) is 17.7 Å². The van der Waals surface area contributed by atoms with E-state index in [2.05, 4.69) is 22.5 Å². The predicted molar refractivity (Wildman–Crippen MR) is 86.6 cm³/mol. The number of carbonyl (C=O) groups is 1. The molecule has 1 heterocycles. The summed E-state index contributed by atoms with van der Waals surface area (Å²) >= 11 is 1.66. The molecular weight excluding hydrogens is 286 g/mol. The lowest BCUT2D eigenvalue weighted by Crippen LogP contribution is -2.32. The lowest BCUT2D eigenvalue weighted by atomic mass is 10.2. The first-order chi connectivity index (χ1) is 9.79. The van der Waals surface area contributed by atoms with E-state index in [9.17, 15) is 4.79 Å². The van der Waals surface area contributed by atoms with Crippen molar-refractivity contribution in [3.63, 3.8) is 0 Å². The van der Waals surface area contributed by atoms with E-state index in [1.54, 1.807) is 11.3 Å². The zero-order valence-electron chi connectivity index (χ0n) is 13.4. The molecule has 0 fully saturated rings. The van der Waals surface area contributed by atoms with Crippen LogP contribution in [0.1, 0.15) is 44.3 Å². The van der Waals surface area contributed by atoms with E-state index in [0.717, 1.165) is 12.2 Å². The fraction of sp³-hybridized carbons (Fsp3) is 0.600. The summed E-state index contributed by atoms with van der Waals surface area (Å²) in [5, 5.41) is 6.07. The number of aryl methyl sites for hydroxylation is 1. The van der Waals surface area contributed by atoms with Crippen molar-refractivity contribution in [1.82, 2.24) is 15.6 Å². The van der Waals surface area contributed by atoms with E-state index in [1.807, 2.05) is 45.4 Å². The number of aromatic nitrogens is 1. The summed E-state index contributed by atoms with van der Waals surface area (Å²) in [5.41, 5.74) is 2.48. The Morgan fingerprint density at radius 3 is 2.67 bits per heavy atom. The van der Waals surface area contributed by atoms with Crippen LogP contribution in [0.25, 0.3) is 0 Å². The second kappa shape index (κ2) is 8.14. The Hall–Kier alpha value is -1.40. The Labute approximate surface area is 130 Å². The van der Waals surface area contributed by atoms with Gasteiger partial charge in [0.05, 0.1) is 11.2 Å². The molecule has 1 aromatic heterocycles. The molecule has 1 unspecified atom stereocenters. The first-order valence-electron chi connectivity index (χ1n) is 7.05. The van der Waals surface area contributed by atoms with Crippen LogP contribution in [0.4, 0.5) is 4.79 Å². The van der Waals surface area contributed by atoms with E-state index in [4.69, 9.17) is 4.74 Å². The minimum absolute atomic E-state index is 0.279. The van der Waals surface area contributed by atoms with Crippen molar-refractivity contribution in [2.45, 2.75) is 46.3 Å². The minimum atomic E-state index is -0.461. The van der Waals surface area contributed by atoms with Gasteiger partial charge >= 0.3 is 6.09 Å². The highest BCUT2D eigenvalue weighted by Gasteiger charge is 2.15. The summed E-state index contributed by atoms with van der Waals surface area (Å²) in [6, 6.07) is 0.279. The molecule has 1 amide bonds. The zero-order valence-corrected chi connectivity index (χ0v) is 14.2. The molecule has 0 saturated heterocycles. The maximum Gasteiger partial charge on any atom is 0.407 e. The smallest absolute Gasteiger partial charge is 0.407 e. The summed E-state index contributed by atoms with van der Waals surface area (Å²) in [6.45, 7) is 10.9. The molecule has 1 aromatic rings. The van der Waals surface area contributed by atoms with Crippen LogP contribution in [0.5, 0.6) is 0 Å². The number of carbonyl (C=O) groups excluding carboxylic acids is 1. The Morgan fingerprint density at radius 2 is 2.10 bits per heavy atom. The Morgan fingerprint density at radius 1 is 1.43 bits per heavy atom. The molecule has 0 aliphatic rings. The standard InChI is InChI=1S/C15H25N3O2S/c1-11(13-12(2)18-10-21-13)16-8-6-7-9-17-14(19)20-15(3,4)5/h6-7,10-11,16H,8-9H2,1-5H3,(H,17,19)/b7-6+. The molecular formula is C15H25N3O2S. The van der Waals surface area contributed by atoms with Crippen molar-refractivity contribution in [3.05, 3.63) is 28.2 Å². The normalized spacial score (nSPS) is 13.4. The van der Waals surface area contributed by atoms with Crippen molar-refractivity contribution in [1.29, 1.82) is 0 Å². The van der Waals surface area contributed by atoms with Crippen molar-refractivity contribution >= 4 is 17.4 Å². The summed E-state index contributed by atoms with van der Waals surface area (Å²) in [7, 11) is 0. The number of thiazole rings is 1. The topological polar surface area (TPSA) is 63.2 Å².